The summed E-state index contributed by atoms with van der Waals surface area (Å²) in [6.07, 6.45) is 2.61. The van der Waals surface area contributed by atoms with Crippen LogP contribution in [0.25, 0.3) is 0 Å². The predicted molar refractivity (Wildman–Crippen MR) is 92.7 cm³/mol. The molecule has 0 saturated carbocycles. The molecule has 1 heterocycles. The largest absolute Gasteiger partial charge is 0.481 e. The molecule has 0 bridgehead atoms. The number of piperidine rings is 1. The fourth-order valence-corrected chi connectivity index (χ4v) is 3.78. The van der Waals surface area contributed by atoms with E-state index in [2.05, 4.69) is 11.3 Å². The number of nitrogens with zero attached hydrogens (tertiary/aromatic N) is 1. The van der Waals surface area contributed by atoms with E-state index in [1.165, 1.54) is 30.3 Å². The van der Waals surface area contributed by atoms with E-state index < -0.39 is 21.9 Å². The Labute approximate surface area is 147 Å². The van der Waals surface area contributed by atoms with E-state index in [1.54, 1.807) is 4.90 Å². The van der Waals surface area contributed by atoms with E-state index >= 15 is 0 Å². The van der Waals surface area contributed by atoms with Crippen molar-refractivity contribution in [2.24, 2.45) is 5.92 Å². The standard InChI is InChI=1S/C17H22N2O5S/c1-3-10-18-25(23,24)15-8-6-13(7-9-15)16(20)19-11-14(17(21)22)5-4-12(19)2/h3,6-9,12,14,18H,1,4-5,10-11H2,2H3,(H,21,22). The third-order valence-corrected chi connectivity index (χ3v) is 5.76. The number of carboxylic acids is 1. The predicted octanol–water partition coefficient (Wildman–Crippen LogP) is 1.48. The molecule has 1 aromatic carbocycles. The lowest BCUT2D eigenvalue weighted by atomic mass is 9.93. The number of nitrogens with one attached hydrogen (secondary N) is 1. The summed E-state index contributed by atoms with van der Waals surface area (Å²) >= 11 is 0. The number of likely N-dealkylation sites (tertiary alicyclic amines) is 1. The zero-order valence-corrected chi connectivity index (χ0v) is 14.8. The van der Waals surface area contributed by atoms with Crippen molar-refractivity contribution < 1.29 is 23.1 Å². The number of carbonyl (C=O) groups is 2. The summed E-state index contributed by atoms with van der Waals surface area (Å²) in [5, 5.41) is 9.17. The summed E-state index contributed by atoms with van der Waals surface area (Å²) in [6, 6.07) is 5.56. The molecule has 2 rings (SSSR count). The highest BCUT2D eigenvalue weighted by atomic mass is 32.2. The number of carbonyl (C=O) groups excluding carboxylic acids is 1. The number of amides is 1. The van der Waals surface area contributed by atoms with Crippen LogP contribution in [0.2, 0.25) is 0 Å². The quantitative estimate of drug-likeness (QED) is 0.742. The first kappa shape index (κ1) is 19.1. The molecule has 1 fully saturated rings. The minimum absolute atomic E-state index is 0.0548. The van der Waals surface area contributed by atoms with Crippen molar-refractivity contribution in [2.75, 3.05) is 13.1 Å². The van der Waals surface area contributed by atoms with Crippen LogP contribution < -0.4 is 4.72 Å². The molecule has 8 heteroatoms. The van der Waals surface area contributed by atoms with Gasteiger partial charge in [0.15, 0.2) is 0 Å². The van der Waals surface area contributed by atoms with Gasteiger partial charge in [0.05, 0.1) is 10.8 Å². The number of benzene rings is 1. The zero-order valence-electron chi connectivity index (χ0n) is 14.0. The molecule has 1 amide bonds. The molecule has 25 heavy (non-hydrogen) atoms. The Hall–Kier alpha value is -2.19. The Morgan fingerprint density at radius 1 is 1.32 bits per heavy atom. The van der Waals surface area contributed by atoms with Gasteiger partial charge in [-0.25, -0.2) is 13.1 Å². The van der Waals surface area contributed by atoms with Crippen molar-refractivity contribution in [3.05, 3.63) is 42.5 Å². The molecule has 1 aliphatic rings. The molecule has 0 spiro atoms. The number of hydrogen-bond donors (Lipinski definition) is 2. The van der Waals surface area contributed by atoms with Crippen LogP contribution in [0.1, 0.15) is 30.1 Å². The van der Waals surface area contributed by atoms with Crippen LogP contribution in [-0.4, -0.2) is 49.4 Å². The van der Waals surface area contributed by atoms with Gasteiger partial charge >= 0.3 is 5.97 Å². The highest BCUT2D eigenvalue weighted by molar-refractivity contribution is 7.89. The average Bonchev–Trinajstić information content (AvgIpc) is 2.59. The number of sulfonamides is 1. The van der Waals surface area contributed by atoms with Gasteiger partial charge in [-0.3, -0.25) is 9.59 Å². The molecule has 1 aliphatic heterocycles. The van der Waals surface area contributed by atoms with Gasteiger partial charge in [0, 0.05) is 24.7 Å². The monoisotopic (exact) mass is 366 g/mol. The molecular formula is C17H22N2O5S. The van der Waals surface area contributed by atoms with Crippen molar-refractivity contribution in [1.29, 1.82) is 0 Å². The van der Waals surface area contributed by atoms with Gasteiger partial charge in [0.2, 0.25) is 10.0 Å². The van der Waals surface area contributed by atoms with Crippen LogP contribution in [-0.2, 0) is 14.8 Å². The first-order chi connectivity index (χ1) is 11.8. The Kier molecular flexibility index (Phi) is 5.97. The second kappa shape index (κ2) is 7.79. The Morgan fingerprint density at radius 2 is 1.96 bits per heavy atom. The van der Waals surface area contributed by atoms with Crippen molar-refractivity contribution >= 4 is 21.9 Å². The maximum atomic E-state index is 12.7. The normalized spacial score (nSPS) is 20.9. The van der Waals surface area contributed by atoms with E-state index in [9.17, 15) is 23.1 Å². The summed E-state index contributed by atoms with van der Waals surface area (Å²) in [6.45, 7) is 5.61. The van der Waals surface area contributed by atoms with Crippen LogP contribution in [0.4, 0.5) is 0 Å². The van der Waals surface area contributed by atoms with E-state index in [1.807, 2.05) is 6.92 Å². The van der Waals surface area contributed by atoms with E-state index in [0.717, 1.165) is 0 Å². The number of rotatable bonds is 6. The third-order valence-electron chi connectivity index (χ3n) is 4.32. The summed E-state index contributed by atoms with van der Waals surface area (Å²) in [4.78, 5) is 25.5. The van der Waals surface area contributed by atoms with Gasteiger partial charge in [0.25, 0.3) is 5.91 Å². The molecule has 0 radical (unpaired) electrons. The molecule has 2 unspecified atom stereocenters. The van der Waals surface area contributed by atoms with Gasteiger partial charge in [-0.2, -0.15) is 0 Å². The van der Waals surface area contributed by atoms with Gasteiger partial charge in [-0.1, -0.05) is 6.08 Å². The fraction of sp³-hybridized carbons (Fsp3) is 0.412. The van der Waals surface area contributed by atoms with E-state index in [4.69, 9.17) is 0 Å². The molecule has 136 valence electrons. The van der Waals surface area contributed by atoms with Crippen LogP contribution in [0.3, 0.4) is 0 Å². The van der Waals surface area contributed by atoms with Crippen molar-refractivity contribution in [3.63, 3.8) is 0 Å². The second-order valence-electron chi connectivity index (χ2n) is 6.08. The Morgan fingerprint density at radius 3 is 2.52 bits per heavy atom. The minimum atomic E-state index is -3.64. The lowest BCUT2D eigenvalue weighted by Gasteiger charge is -2.36. The third kappa shape index (κ3) is 4.46. The van der Waals surface area contributed by atoms with Crippen molar-refractivity contribution in [2.45, 2.75) is 30.7 Å². The molecule has 2 N–H and O–H groups in total. The summed E-state index contributed by atoms with van der Waals surface area (Å²) in [7, 11) is -3.64. The first-order valence-electron chi connectivity index (χ1n) is 8.00. The highest BCUT2D eigenvalue weighted by Crippen LogP contribution is 2.24. The van der Waals surface area contributed by atoms with Crippen LogP contribution in [0.15, 0.2) is 41.8 Å². The summed E-state index contributed by atoms with van der Waals surface area (Å²) in [5.74, 6) is -1.76. The first-order valence-corrected chi connectivity index (χ1v) is 9.49. The number of hydrogen-bond acceptors (Lipinski definition) is 4. The van der Waals surface area contributed by atoms with Gasteiger partial charge in [-0.05, 0) is 44.0 Å². The van der Waals surface area contributed by atoms with Gasteiger partial charge < -0.3 is 10.0 Å². The lowest BCUT2D eigenvalue weighted by Crippen LogP contribution is -2.47. The van der Waals surface area contributed by atoms with Crippen LogP contribution in [0.5, 0.6) is 0 Å². The smallest absolute Gasteiger partial charge is 0.308 e. The topological polar surface area (TPSA) is 104 Å². The van der Waals surface area contributed by atoms with Gasteiger partial charge in [0.1, 0.15) is 0 Å². The minimum Gasteiger partial charge on any atom is -0.481 e. The molecule has 0 aliphatic carbocycles. The molecule has 0 aromatic heterocycles. The van der Waals surface area contributed by atoms with Gasteiger partial charge in [-0.15, -0.1) is 6.58 Å². The van der Waals surface area contributed by atoms with Crippen molar-refractivity contribution in [3.8, 4) is 0 Å². The van der Waals surface area contributed by atoms with E-state index in [-0.39, 0.29) is 29.9 Å². The maximum Gasteiger partial charge on any atom is 0.308 e. The molecule has 1 aromatic rings. The SMILES string of the molecule is C=CCNS(=O)(=O)c1ccc(C(=O)N2CC(C(=O)O)CCC2C)cc1. The number of aliphatic carboxylic acids is 1. The lowest BCUT2D eigenvalue weighted by molar-refractivity contribution is -0.143. The fourth-order valence-electron chi connectivity index (χ4n) is 2.79. The number of carboxylic acid groups (broad SMARTS) is 1. The second-order valence-corrected chi connectivity index (χ2v) is 7.85. The van der Waals surface area contributed by atoms with Crippen molar-refractivity contribution in [1.82, 2.24) is 9.62 Å². The molecular weight excluding hydrogens is 344 g/mol. The average molecular weight is 366 g/mol. The molecule has 1 saturated heterocycles. The summed E-state index contributed by atoms with van der Waals surface area (Å²) < 4.78 is 26.4. The Balaban J connectivity index is 2.17. The molecule has 2 atom stereocenters. The van der Waals surface area contributed by atoms with E-state index in [0.29, 0.717) is 18.4 Å². The maximum absolute atomic E-state index is 12.7. The summed E-state index contributed by atoms with van der Waals surface area (Å²) in [5.41, 5.74) is 0.334. The van der Waals surface area contributed by atoms with Crippen LogP contribution >= 0.6 is 0 Å². The van der Waals surface area contributed by atoms with Crippen LogP contribution in [0, 0.1) is 5.92 Å². The molecule has 7 nitrogen and oxygen atoms in total. The zero-order chi connectivity index (χ0) is 18.6. The highest BCUT2D eigenvalue weighted by Gasteiger charge is 2.33. The Bertz CT molecular complexity index is 758.